The van der Waals surface area contributed by atoms with Crippen molar-refractivity contribution in [2.45, 2.75) is 64.1 Å². The Labute approximate surface area is 201 Å². The summed E-state index contributed by atoms with van der Waals surface area (Å²) in [5, 5.41) is 5.71. The summed E-state index contributed by atoms with van der Waals surface area (Å²) >= 11 is 0. The second-order valence-corrected chi connectivity index (χ2v) is 9.85. The molecule has 0 spiro atoms. The van der Waals surface area contributed by atoms with Crippen molar-refractivity contribution in [3.05, 3.63) is 54.1 Å². The summed E-state index contributed by atoms with van der Waals surface area (Å²) in [6.45, 7) is 12.3. The van der Waals surface area contributed by atoms with E-state index < -0.39 is 23.3 Å². The standard InChI is InChI=1S/C26H35N3O5/c1-18(2)20(10-11-22(30)29-15-12-19-8-6-7-9-21(19)29)27-23(31)26(13-16-33-17-14-26)28-24(32)34-25(3,4)5/h6-11,20H,1,12-17H2,2-5H3,(H,27,31)(H,28,32)/b11-10+/t20-/m1/s1. The fraction of sp³-hybridized carbons (Fsp3) is 0.500. The van der Waals surface area contributed by atoms with Crippen LogP contribution in [-0.4, -0.2) is 54.8 Å². The van der Waals surface area contributed by atoms with Gasteiger partial charge < -0.3 is 25.0 Å². The topological polar surface area (TPSA) is 97.0 Å². The Kier molecular flexibility index (Phi) is 7.82. The Hall–Kier alpha value is -3.13. The van der Waals surface area contributed by atoms with Gasteiger partial charge in [0.15, 0.2) is 0 Å². The van der Waals surface area contributed by atoms with Crippen LogP contribution in [0.15, 0.2) is 48.6 Å². The zero-order valence-electron chi connectivity index (χ0n) is 20.5. The molecule has 2 N–H and O–H groups in total. The first-order valence-corrected chi connectivity index (χ1v) is 11.6. The summed E-state index contributed by atoms with van der Waals surface area (Å²) in [6.07, 6.45) is 3.90. The minimum absolute atomic E-state index is 0.155. The molecular weight excluding hydrogens is 434 g/mol. The molecule has 1 aromatic rings. The Morgan fingerprint density at radius 2 is 1.88 bits per heavy atom. The van der Waals surface area contributed by atoms with E-state index in [1.54, 1.807) is 38.7 Å². The number of alkyl carbamates (subject to hydrolysis) is 1. The van der Waals surface area contributed by atoms with Gasteiger partial charge in [0.1, 0.15) is 11.1 Å². The van der Waals surface area contributed by atoms with Crippen molar-refractivity contribution in [3.63, 3.8) is 0 Å². The van der Waals surface area contributed by atoms with Crippen LogP contribution in [-0.2, 0) is 25.5 Å². The molecule has 184 valence electrons. The minimum Gasteiger partial charge on any atom is -0.444 e. The number of carbonyl (C=O) groups excluding carboxylic acids is 3. The second kappa shape index (κ2) is 10.4. The molecule has 34 heavy (non-hydrogen) atoms. The molecule has 1 fully saturated rings. The lowest BCUT2D eigenvalue weighted by atomic mass is 9.88. The molecule has 1 saturated heterocycles. The van der Waals surface area contributed by atoms with E-state index >= 15 is 0 Å². The molecular formula is C26H35N3O5. The van der Waals surface area contributed by atoms with E-state index in [0.717, 1.165) is 17.7 Å². The number of fused-ring (bicyclic) bond motifs is 1. The third-order valence-electron chi connectivity index (χ3n) is 5.92. The molecule has 0 bridgehead atoms. The van der Waals surface area contributed by atoms with Gasteiger partial charge >= 0.3 is 6.09 Å². The zero-order valence-corrected chi connectivity index (χ0v) is 20.5. The number of anilines is 1. The molecule has 1 atom stereocenters. The third-order valence-corrected chi connectivity index (χ3v) is 5.92. The summed E-state index contributed by atoms with van der Waals surface area (Å²) in [6, 6.07) is 7.26. The van der Waals surface area contributed by atoms with E-state index in [4.69, 9.17) is 9.47 Å². The number of nitrogens with one attached hydrogen (secondary N) is 2. The molecule has 2 aliphatic heterocycles. The quantitative estimate of drug-likeness (QED) is 0.492. The van der Waals surface area contributed by atoms with Crippen LogP contribution in [0, 0.1) is 0 Å². The van der Waals surface area contributed by atoms with Crippen LogP contribution in [0.3, 0.4) is 0 Å². The number of benzene rings is 1. The van der Waals surface area contributed by atoms with Gasteiger partial charge in [-0.25, -0.2) is 4.79 Å². The Morgan fingerprint density at radius 1 is 1.21 bits per heavy atom. The average molecular weight is 470 g/mol. The normalized spacial score (nSPS) is 18.2. The van der Waals surface area contributed by atoms with Crippen LogP contribution in [0.4, 0.5) is 10.5 Å². The van der Waals surface area contributed by atoms with Crippen molar-refractivity contribution in [2.75, 3.05) is 24.7 Å². The van der Waals surface area contributed by atoms with E-state index in [-0.39, 0.29) is 11.8 Å². The van der Waals surface area contributed by atoms with Gasteiger partial charge in [-0.2, -0.15) is 0 Å². The van der Waals surface area contributed by atoms with E-state index in [2.05, 4.69) is 17.2 Å². The number of rotatable bonds is 6. The molecule has 8 nitrogen and oxygen atoms in total. The number of para-hydroxylation sites is 1. The zero-order chi connectivity index (χ0) is 24.9. The number of amides is 3. The van der Waals surface area contributed by atoms with Crippen LogP contribution in [0.25, 0.3) is 0 Å². The summed E-state index contributed by atoms with van der Waals surface area (Å²) in [5.41, 5.74) is 0.864. The molecule has 2 heterocycles. The van der Waals surface area contributed by atoms with Crippen molar-refractivity contribution in [2.24, 2.45) is 0 Å². The highest BCUT2D eigenvalue weighted by Crippen LogP contribution is 2.28. The maximum Gasteiger partial charge on any atom is 0.408 e. The van der Waals surface area contributed by atoms with Gasteiger partial charge in [-0.15, -0.1) is 0 Å². The van der Waals surface area contributed by atoms with E-state index in [9.17, 15) is 14.4 Å². The third kappa shape index (κ3) is 6.26. The fourth-order valence-electron chi connectivity index (χ4n) is 4.08. The molecule has 1 aromatic carbocycles. The summed E-state index contributed by atoms with van der Waals surface area (Å²) in [7, 11) is 0. The molecule has 3 rings (SSSR count). The van der Waals surface area contributed by atoms with Gasteiger partial charge in [0, 0.05) is 44.4 Å². The van der Waals surface area contributed by atoms with Crippen molar-refractivity contribution < 1.29 is 23.9 Å². The van der Waals surface area contributed by atoms with Gasteiger partial charge in [0.25, 0.3) is 5.91 Å². The lowest BCUT2D eigenvalue weighted by Crippen LogP contribution is -2.63. The summed E-state index contributed by atoms with van der Waals surface area (Å²) in [5.74, 6) is -0.517. The number of carbonyl (C=O) groups is 3. The molecule has 2 aliphatic rings. The van der Waals surface area contributed by atoms with Crippen LogP contribution in [0.1, 0.15) is 46.1 Å². The first-order valence-electron chi connectivity index (χ1n) is 11.6. The predicted molar refractivity (Wildman–Crippen MR) is 131 cm³/mol. The van der Waals surface area contributed by atoms with Crippen molar-refractivity contribution in [1.82, 2.24) is 10.6 Å². The summed E-state index contributed by atoms with van der Waals surface area (Å²) < 4.78 is 10.8. The average Bonchev–Trinajstić information content (AvgIpc) is 3.19. The highest BCUT2D eigenvalue weighted by Gasteiger charge is 2.43. The van der Waals surface area contributed by atoms with Crippen molar-refractivity contribution >= 4 is 23.6 Å². The van der Waals surface area contributed by atoms with Crippen molar-refractivity contribution in [1.29, 1.82) is 0 Å². The summed E-state index contributed by atoms with van der Waals surface area (Å²) in [4.78, 5) is 40.5. The Bertz CT molecular complexity index is 973. The molecule has 3 amide bonds. The number of nitrogens with zero attached hydrogens (tertiary/aromatic N) is 1. The fourth-order valence-corrected chi connectivity index (χ4v) is 4.08. The maximum atomic E-state index is 13.4. The molecule has 0 unspecified atom stereocenters. The number of hydrogen-bond acceptors (Lipinski definition) is 5. The highest BCUT2D eigenvalue weighted by atomic mass is 16.6. The van der Waals surface area contributed by atoms with Crippen LogP contribution >= 0.6 is 0 Å². The monoisotopic (exact) mass is 469 g/mol. The molecule has 8 heteroatoms. The SMILES string of the molecule is C=C(C)[C@@H](/C=C/C(=O)N1CCc2ccccc21)NC(=O)C1(NC(=O)OC(C)(C)C)CCOCC1. The first-order chi connectivity index (χ1) is 16.0. The molecule has 0 aliphatic carbocycles. The number of hydrogen-bond donors (Lipinski definition) is 2. The molecule has 0 radical (unpaired) electrons. The number of ether oxygens (including phenoxy) is 2. The molecule has 0 aromatic heterocycles. The van der Waals surface area contributed by atoms with E-state index in [1.807, 2.05) is 24.3 Å². The largest absolute Gasteiger partial charge is 0.444 e. The Balaban J connectivity index is 1.71. The maximum absolute atomic E-state index is 13.4. The Morgan fingerprint density at radius 3 is 2.53 bits per heavy atom. The van der Waals surface area contributed by atoms with Gasteiger partial charge in [-0.3, -0.25) is 9.59 Å². The highest BCUT2D eigenvalue weighted by molar-refractivity contribution is 6.03. The second-order valence-electron chi connectivity index (χ2n) is 9.85. The van der Waals surface area contributed by atoms with E-state index in [1.165, 1.54) is 6.08 Å². The lowest BCUT2D eigenvalue weighted by molar-refractivity contribution is -0.132. The first kappa shape index (κ1) is 25.5. The smallest absolute Gasteiger partial charge is 0.408 e. The van der Waals surface area contributed by atoms with Gasteiger partial charge in [-0.1, -0.05) is 36.4 Å². The van der Waals surface area contributed by atoms with Gasteiger partial charge in [0.2, 0.25) is 5.91 Å². The van der Waals surface area contributed by atoms with Gasteiger partial charge in [-0.05, 0) is 45.7 Å². The molecule has 0 saturated carbocycles. The van der Waals surface area contributed by atoms with Crippen LogP contribution < -0.4 is 15.5 Å². The predicted octanol–water partition coefficient (Wildman–Crippen LogP) is 3.27. The van der Waals surface area contributed by atoms with E-state index in [0.29, 0.717) is 38.2 Å². The minimum atomic E-state index is -1.17. The lowest BCUT2D eigenvalue weighted by Gasteiger charge is -2.37. The van der Waals surface area contributed by atoms with Crippen LogP contribution in [0.5, 0.6) is 0 Å². The van der Waals surface area contributed by atoms with Crippen molar-refractivity contribution in [3.8, 4) is 0 Å². The van der Waals surface area contributed by atoms with Crippen LogP contribution in [0.2, 0.25) is 0 Å². The van der Waals surface area contributed by atoms with Gasteiger partial charge in [0.05, 0.1) is 6.04 Å².